The van der Waals surface area contributed by atoms with Crippen LogP contribution in [-0.2, 0) is 6.42 Å². The maximum atomic E-state index is 13.9. The normalized spacial score (nSPS) is 16.8. The average Bonchev–Trinajstić information content (AvgIpc) is 2.71. The highest BCUT2D eigenvalue weighted by Gasteiger charge is 2.24. The van der Waals surface area contributed by atoms with E-state index in [0.717, 1.165) is 54.5 Å². The SMILES string of the molecule is Cc1cc(C)nc(N2CCC[C@@H](c3ccc(Cc4c(F)cccc4F)cn3)C2)n1. The second-order valence-corrected chi connectivity index (χ2v) is 7.70. The van der Waals surface area contributed by atoms with Gasteiger partial charge in [0.2, 0.25) is 5.95 Å². The molecule has 1 aliphatic rings. The molecule has 1 atom stereocenters. The molecular formula is C23H24F2N4. The van der Waals surface area contributed by atoms with Gasteiger partial charge in [0, 0.05) is 54.3 Å². The Bertz CT molecular complexity index is 964. The Hall–Kier alpha value is -2.89. The molecule has 6 heteroatoms. The summed E-state index contributed by atoms with van der Waals surface area (Å²) in [5.74, 6) is 0.0159. The number of halogens is 2. The number of hydrogen-bond donors (Lipinski definition) is 0. The van der Waals surface area contributed by atoms with Crippen LogP contribution in [0, 0.1) is 25.5 Å². The smallest absolute Gasteiger partial charge is 0.225 e. The first-order valence-corrected chi connectivity index (χ1v) is 9.94. The number of aryl methyl sites for hydroxylation is 2. The molecule has 0 amide bonds. The summed E-state index contributed by atoms with van der Waals surface area (Å²) in [5, 5.41) is 0. The van der Waals surface area contributed by atoms with Gasteiger partial charge in [-0.3, -0.25) is 4.98 Å². The van der Waals surface area contributed by atoms with Crippen molar-refractivity contribution >= 4 is 5.95 Å². The van der Waals surface area contributed by atoms with Crippen LogP contribution in [0.3, 0.4) is 0 Å². The van der Waals surface area contributed by atoms with E-state index in [0.29, 0.717) is 0 Å². The van der Waals surface area contributed by atoms with Gasteiger partial charge in [0.25, 0.3) is 0 Å². The van der Waals surface area contributed by atoms with Crippen molar-refractivity contribution in [3.05, 3.63) is 82.4 Å². The quantitative estimate of drug-likeness (QED) is 0.641. The monoisotopic (exact) mass is 394 g/mol. The van der Waals surface area contributed by atoms with Gasteiger partial charge in [0.15, 0.2) is 0 Å². The fourth-order valence-corrected chi connectivity index (χ4v) is 3.94. The van der Waals surface area contributed by atoms with E-state index in [9.17, 15) is 8.78 Å². The molecular weight excluding hydrogens is 370 g/mol. The third kappa shape index (κ3) is 4.42. The van der Waals surface area contributed by atoms with Gasteiger partial charge in [0.1, 0.15) is 11.6 Å². The number of anilines is 1. The molecule has 3 aromatic rings. The largest absolute Gasteiger partial charge is 0.340 e. The Morgan fingerprint density at radius 2 is 1.76 bits per heavy atom. The predicted molar refractivity (Wildman–Crippen MR) is 109 cm³/mol. The highest BCUT2D eigenvalue weighted by atomic mass is 19.1. The van der Waals surface area contributed by atoms with Crippen LogP contribution in [0.15, 0.2) is 42.6 Å². The van der Waals surface area contributed by atoms with E-state index in [1.165, 1.54) is 18.2 Å². The molecule has 29 heavy (non-hydrogen) atoms. The molecule has 0 bridgehead atoms. The van der Waals surface area contributed by atoms with Gasteiger partial charge in [0.05, 0.1) is 0 Å². The van der Waals surface area contributed by atoms with E-state index >= 15 is 0 Å². The zero-order valence-electron chi connectivity index (χ0n) is 16.7. The summed E-state index contributed by atoms with van der Waals surface area (Å²) in [6.07, 6.45) is 4.02. The van der Waals surface area contributed by atoms with Crippen LogP contribution < -0.4 is 4.90 Å². The van der Waals surface area contributed by atoms with Crippen LogP contribution >= 0.6 is 0 Å². The van der Waals surface area contributed by atoms with Crippen molar-refractivity contribution < 1.29 is 8.78 Å². The molecule has 3 heterocycles. The zero-order chi connectivity index (χ0) is 20.4. The number of benzene rings is 1. The molecule has 0 saturated carbocycles. The van der Waals surface area contributed by atoms with E-state index in [1.54, 1.807) is 6.20 Å². The lowest BCUT2D eigenvalue weighted by molar-refractivity contribution is 0.494. The minimum atomic E-state index is -0.523. The zero-order valence-corrected chi connectivity index (χ0v) is 16.7. The van der Waals surface area contributed by atoms with Crippen molar-refractivity contribution in [3.63, 3.8) is 0 Å². The first kappa shape index (κ1) is 19.4. The minimum absolute atomic E-state index is 0.0813. The van der Waals surface area contributed by atoms with Crippen LogP contribution in [0.1, 0.15) is 47.0 Å². The first-order valence-electron chi connectivity index (χ1n) is 9.94. The van der Waals surface area contributed by atoms with E-state index in [-0.39, 0.29) is 17.9 Å². The van der Waals surface area contributed by atoms with Crippen molar-refractivity contribution in [1.82, 2.24) is 15.0 Å². The number of pyridine rings is 1. The highest BCUT2D eigenvalue weighted by Crippen LogP contribution is 2.28. The van der Waals surface area contributed by atoms with Gasteiger partial charge in [-0.25, -0.2) is 18.7 Å². The van der Waals surface area contributed by atoms with Crippen molar-refractivity contribution in [2.75, 3.05) is 18.0 Å². The lowest BCUT2D eigenvalue weighted by Crippen LogP contribution is -2.36. The Morgan fingerprint density at radius 1 is 1.03 bits per heavy atom. The topological polar surface area (TPSA) is 41.9 Å². The molecule has 1 aliphatic heterocycles. The first-order chi connectivity index (χ1) is 14.0. The molecule has 0 unspecified atom stereocenters. The molecule has 2 aromatic heterocycles. The molecule has 1 aromatic carbocycles. The van der Waals surface area contributed by atoms with Gasteiger partial charge in [-0.2, -0.15) is 0 Å². The molecule has 0 spiro atoms. The Morgan fingerprint density at radius 3 is 2.41 bits per heavy atom. The van der Waals surface area contributed by atoms with Crippen molar-refractivity contribution in [3.8, 4) is 0 Å². The van der Waals surface area contributed by atoms with Crippen molar-refractivity contribution in [1.29, 1.82) is 0 Å². The van der Waals surface area contributed by atoms with E-state index in [1.807, 2.05) is 32.0 Å². The molecule has 1 fully saturated rings. The third-order valence-corrected chi connectivity index (χ3v) is 5.38. The van der Waals surface area contributed by atoms with Crippen LogP contribution in [0.4, 0.5) is 14.7 Å². The maximum absolute atomic E-state index is 13.9. The van der Waals surface area contributed by atoms with Crippen molar-refractivity contribution in [2.45, 2.75) is 39.0 Å². The standard InChI is InChI=1S/C23H24F2N4/c1-15-11-16(2)28-23(27-15)29-10-4-5-18(14-29)22-9-8-17(13-26-22)12-19-20(24)6-3-7-21(19)25/h3,6-9,11,13,18H,4-5,10,12,14H2,1-2H3/t18-/m1/s1. The maximum Gasteiger partial charge on any atom is 0.225 e. The Kier molecular flexibility index (Phi) is 5.51. The number of nitrogens with zero attached hydrogens (tertiary/aromatic N) is 4. The van der Waals surface area contributed by atoms with Gasteiger partial charge < -0.3 is 4.90 Å². The summed E-state index contributed by atoms with van der Waals surface area (Å²) >= 11 is 0. The summed E-state index contributed by atoms with van der Waals surface area (Å²) in [6, 6.07) is 9.82. The Labute approximate surface area is 169 Å². The number of aromatic nitrogens is 3. The van der Waals surface area contributed by atoms with Gasteiger partial charge >= 0.3 is 0 Å². The summed E-state index contributed by atoms with van der Waals surface area (Å²) in [6.45, 7) is 5.72. The second kappa shape index (κ2) is 8.23. The number of rotatable bonds is 4. The van der Waals surface area contributed by atoms with Crippen molar-refractivity contribution in [2.24, 2.45) is 0 Å². The summed E-state index contributed by atoms with van der Waals surface area (Å²) in [4.78, 5) is 16.0. The Balaban J connectivity index is 1.48. The molecule has 1 saturated heterocycles. The lowest BCUT2D eigenvalue weighted by Gasteiger charge is -2.32. The van der Waals surface area contributed by atoms with Crippen LogP contribution in [-0.4, -0.2) is 28.0 Å². The third-order valence-electron chi connectivity index (χ3n) is 5.38. The highest BCUT2D eigenvalue weighted by molar-refractivity contribution is 5.35. The fraction of sp³-hybridized carbons (Fsp3) is 0.348. The molecule has 0 radical (unpaired) electrons. The van der Waals surface area contributed by atoms with Crippen LogP contribution in [0.2, 0.25) is 0 Å². The van der Waals surface area contributed by atoms with E-state index in [4.69, 9.17) is 0 Å². The molecule has 4 rings (SSSR count). The van der Waals surface area contributed by atoms with Crippen LogP contribution in [0.5, 0.6) is 0 Å². The predicted octanol–water partition coefficient (Wildman–Crippen LogP) is 4.74. The summed E-state index contributed by atoms with van der Waals surface area (Å²) in [5.41, 5.74) is 3.81. The number of hydrogen-bond acceptors (Lipinski definition) is 4. The molecule has 0 N–H and O–H groups in total. The average molecular weight is 394 g/mol. The van der Waals surface area contributed by atoms with E-state index in [2.05, 4.69) is 19.9 Å². The van der Waals surface area contributed by atoms with Gasteiger partial charge in [-0.05, 0) is 56.5 Å². The number of piperidine rings is 1. The summed E-state index contributed by atoms with van der Waals surface area (Å²) in [7, 11) is 0. The van der Waals surface area contributed by atoms with Gasteiger partial charge in [-0.1, -0.05) is 12.1 Å². The molecule has 150 valence electrons. The summed E-state index contributed by atoms with van der Waals surface area (Å²) < 4.78 is 27.8. The second-order valence-electron chi connectivity index (χ2n) is 7.70. The lowest BCUT2D eigenvalue weighted by atomic mass is 9.94. The van der Waals surface area contributed by atoms with Crippen LogP contribution in [0.25, 0.3) is 0 Å². The molecule has 0 aliphatic carbocycles. The van der Waals surface area contributed by atoms with E-state index < -0.39 is 11.6 Å². The molecule has 4 nitrogen and oxygen atoms in total. The minimum Gasteiger partial charge on any atom is -0.340 e. The van der Waals surface area contributed by atoms with Gasteiger partial charge in [-0.15, -0.1) is 0 Å². The fourth-order valence-electron chi connectivity index (χ4n) is 3.94.